The van der Waals surface area contributed by atoms with E-state index in [4.69, 9.17) is 0 Å². The van der Waals surface area contributed by atoms with Crippen molar-refractivity contribution in [3.63, 3.8) is 0 Å². The van der Waals surface area contributed by atoms with E-state index in [1.54, 1.807) is 0 Å². The zero-order chi connectivity index (χ0) is 8.69. The molecule has 0 atom stereocenters. The molecule has 1 radical (unpaired) electrons. The highest BCUT2D eigenvalue weighted by Gasteiger charge is 1.93. The summed E-state index contributed by atoms with van der Waals surface area (Å²) in [5, 5.41) is 0. The first-order valence-electron chi connectivity index (χ1n) is 4.31. The van der Waals surface area contributed by atoms with Crippen molar-refractivity contribution < 1.29 is 0 Å². The van der Waals surface area contributed by atoms with E-state index in [1.165, 1.54) is 17.9 Å². The molecule has 0 bridgehead atoms. The van der Waals surface area contributed by atoms with Crippen molar-refractivity contribution in [2.45, 2.75) is 40.0 Å². The van der Waals surface area contributed by atoms with Crippen LogP contribution in [0.4, 0.5) is 0 Å². The number of allylic oxidation sites excluding steroid dienone is 3. The Morgan fingerprint density at radius 2 is 2.00 bits per heavy atom. The van der Waals surface area contributed by atoms with Crippen LogP contribution < -0.4 is 0 Å². The normalized spacial score (nSPS) is 12.2. The van der Waals surface area contributed by atoms with Crippen molar-refractivity contribution in [1.82, 2.24) is 0 Å². The molecule has 0 amide bonds. The Labute approximate surface area is 71.0 Å². The van der Waals surface area contributed by atoms with E-state index in [-0.39, 0.29) is 0 Å². The Morgan fingerprint density at radius 3 is 2.45 bits per heavy atom. The summed E-state index contributed by atoms with van der Waals surface area (Å²) in [4.78, 5) is 0. The first-order chi connectivity index (χ1) is 5.20. The third kappa shape index (κ3) is 5.90. The molecule has 0 N–H and O–H groups in total. The Morgan fingerprint density at radius 1 is 1.36 bits per heavy atom. The van der Waals surface area contributed by atoms with Crippen molar-refractivity contribution in [1.29, 1.82) is 0 Å². The van der Waals surface area contributed by atoms with Crippen LogP contribution in [0, 0.1) is 5.92 Å². The summed E-state index contributed by atoms with van der Waals surface area (Å²) >= 11 is 0. The van der Waals surface area contributed by atoms with Gasteiger partial charge >= 0.3 is 0 Å². The van der Waals surface area contributed by atoms with Gasteiger partial charge in [0.15, 0.2) is 0 Å². The zero-order valence-corrected chi connectivity index (χ0v) is 7.98. The largest absolute Gasteiger partial charge is 0.103 e. The second kappa shape index (κ2) is 6.21. The van der Waals surface area contributed by atoms with Gasteiger partial charge in [-0.15, -0.1) is 6.58 Å². The highest BCUT2D eigenvalue weighted by atomic mass is 14.0. The molecule has 0 nitrogen and oxygen atoms in total. The van der Waals surface area contributed by atoms with E-state index in [1.807, 2.05) is 6.08 Å². The molecule has 0 aromatic rings. The van der Waals surface area contributed by atoms with Gasteiger partial charge in [0.05, 0.1) is 0 Å². The maximum absolute atomic E-state index is 3.72. The molecule has 0 heteroatoms. The minimum absolute atomic E-state index is 1.15. The fraction of sp³-hybridized carbons (Fsp3) is 0.545. The molecule has 0 saturated heterocycles. The summed E-state index contributed by atoms with van der Waals surface area (Å²) in [6, 6.07) is 0. The minimum atomic E-state index is 1.15. The van der Waals surface area contributed by atoms with Crippen LogP contribution in [0.1, 0.15) is 40.0 Å². The Balaban J connectivity index is 3.47. The van der Waals surface area contributed by atoms with Crippen LogP contribution in [0.2, 0.25) is 0 Å². The second-order valence-electron chi connectivity index (χ2n) is 2.99. The van der Waals surface area contributed by atoms with Crippen LogP contribution in [-0.4, -0.2) is 0 Å². The average Bonchev–Trinajstić information content (AvgIpc) is 2.04. The lowest BCUT2D eigenvalue weighted by Crippen LogP contribution is -1.84. The number of rotatable bonds is 5. The number of hydrogen-bond donors (Lipinski definition) is 0. The van der Waals surface area contributed by atoms with Crippen molar-refractivity contribution in [3.8, 4) is 0 Å². The molecule has 63 valence electrons. The summed E-state index contributed by atoms with van der Waals surface area (Å²) in [6.07, 6.45) is 7.74. The molecule has 0 unspecified atom stereocenters. The molecule has 0 rings (SSSR count). The standard InChI is InChI=1S/C11H19/c1-5-10(3)8-7-9-11(4)6-2/h5,9H,1,6-8H2,2-4H3. The zero-order valence-electron chi connectivity index (χ0n) is 7.98. The molecule has 11 heavy (non-hydrogen) atoms. The molecular weight excluding hydrogens is 132 g/mol. The summed E-state index contributed by atoms with van der Waals surface area (Å²) in [6.45, 7) is 10.2. The van der Waals surface area contributed by atoms with Gasteiger partial charge in [0.2, 0.25) is 0 Å². The first-order valence-corrected chi connectivity index (χ1v) is 4.31. The Hall–Kier alpha value is -0.520. The Kier molecular flexibility index (Phi) is 5.91. The topological polar surface area (TPSA) is 0 Å². The van der Waals surface area contributed by atoms with Gasteiger partial charge in [-0.25, -0.2) is 0 Å². The fourth-order valence-electron chi connectivity index (χ4n) is 0.793. The molecule has 0 aromatic carbocycles. The second-order valence-corrected chi connectivity index (χ2v) is 2.99. The summed E-state index contributed by atoms with van der Waals surface area (Å²) in [7, 11) is 0. The van der Waals surface area contributed by atoms with E-state index < -0.39 is 0 Å². The summed E-state index contributed by atoms with van der Waals surface area (Å²) in [5.41, 5.74) is 1.49. The fourth-order valence-corrected chi connectivity index (χ4v) is 0.793. The molecule has 0 spiro atoms. The van der Waals surface area contributed by atoms with Crippen molar-refractivity contribution in [2.24, 2.45) is 0 Å². The van der Waals surface area contributed by atoms with Gasteiger partial charge in [-0.2, -0.15) is 0 Å². The SMILES string of the molecule is C=C[C](C)CCC=C(C)CC. The van der Waals surface area contributed by atoms with E-state index in [0.29, 0.717) is 0 Å². The van der Waals surface area contributed by atoms with Crippen molar-refractivity contribution in [3.05, 3.63) is 30.2 Å². The molecule has 0 aromatic heterocycles. The van der Waals surface area contributed by atoms with Gasteiger partial charge in [-0.3, -0.25) is 0 Å². The third-order valence-electron chi connectivity index (χ3n) is 1.94. The molecule has 0 aliphatic carbocycles. The van der Waals surface area contributed by atoms with Gasteiger partial charge in [0, 0.05) is 0 Å². The molecule has 0 aliphatic heterocycles. The first kappa shape index (κ1) is 10.5. The van der Waals surface area contributed by atoms with Crippen molar-refractivity contribution in [2.75, 3.05) is 0 Å². The molecular formula is C11H19. The molecule has 0 fully saturated rings. The maximum Gasteiger partial charge on any atom is -0.00580 e. The van der Waals surface area contributed by atoms with Gasteiger partial charge in [0.25, 0.3) is 0 Å². The smallest absolute Gasteiger partial charge is 0.00580 e. The van der Waals surface area contributed by atoms with Gasteiger partial charge in [0.1, 0.15) is 0 Å². The molecule has 0 saturated carbocycles. The molecule has 0 heterocycles. The van der Waals surface area contributed by atoms with Gasteiger partial charge in [-0.05, 0) is 32.1 Å². The van der Waals surface area contributed by atoms with Crippen LogP contribution in [0.15, 0.2) is 24.3 Å². The predicted octanol–water partition coefficient (Wildman–Crippen LogP) is 3.90. The predicted molar refractivity (Wildman–Crippen MR) is 52.4 cm³/mol. The lowest BCUT2D eigenvalue weighted by atomic mass is 10.0. The van der Waals surface area contributed by atoms with E-state index >= 15 is 0 Å². The van der Waals surface area contributed by atoms with Crippen LogP contribution in [0.3, 0.4) is 0 Å². The Bertz CT molecular complexity index is 131. The van der Waals surface area contributed by atoms with E-state index in [0.717, 1.165) is 12.8 Å². The maximum atomic E-state index is 3.72. The summed E-state index contributed by atoms with van der Waals surface area (Å²) in [5.74, 6) is 1.38. The third-order valence-corrected chi connectivity index (χ3v) is 1.94. The van der Waals surface area contributed by atoms with Crippen LogP contribution >= 0.6 is 0 Å². The molecule has 0 aliphatic rings. The van der Waals surface area contributed by atoms with Crippen LogP contribution in [-0.2, 0) is 0 Å². The minimum Gasteiger partial charge on any atom is -0.103 e. The van der Waals surface area contributed by atoms with Gasteiger partial charge in [-0.1, -0.05) is 31.6 Å². The van der Waals surface area contributed by atoms with Crippen LogP contribution in [0.5, 0.6) is 0 Å². The van der Waals surface area contributed by atoms with Crippen molar-refractivity contribution >= 4 is 0 Å². The van der Waals surface area contributed by atoms with Crippen LogP contribution in [0.25, 0.3) is 0 Å². The highest BCUT2D eigenvalue weighted by molar-refractivity contribution is 5.05. The lowest BCUT2D eigenvalue weighted by Gasteiger charge is -2.01. The lowest BCUT2D eigenvalue weighted by molar-refractivity contribution is 0.885. The van der Waals surface area contributed by atoms with Gasteiger partial charge < -0.3 is 0 Å². The van der Waals surface area contributed by atoms with E-state index in [2.05, 4.69) is 33.4 Å². The van der Waals surface area contributed by atoms with E-state index in [9.17, 15) is 0 Å². The monoisotopic (exact) mass is 151 g/mol. The highest BCUT2D eigenvalue weighted by Crippen LogP contribution is 2.10. The quantitative estimate of drug-likeness (QED) is 0.523. The average molecular weight is 151 g/mol. The number of hydrogen-bond acceptors (Lipinski definition) is 0. The summed E-state index contributed by atoms with van der Waals surface area (Å²) < 4.78 is 0.